The molecule has 14 heavy (non-hydrogen) atoms. The smallest absolute Gasteiger partial charge is 0.194 e. The predicted octanol–water partition coefficient (Wildman–Crippen LogP) is 0.119. The summed E-state index contributed by atoms with van der Waals surface area (Å²) in [6.45, 7) is 0. The molecule has 0 aliphatic carbocycles. The maximum atomic E-state index is 10.8. The Bertz CT molecular complexity index is 408. The number of aliphatic imine (C=N–C) groups is 1. The molecular weight excluding hydrogens is 204 g/mol. The molecule has 0 N–H and O–H groups in total. The van der Waals surface area contributed by atoms with E-state index in [4.69, 9.17) is 4.74 Å². The summed E-state index contributed by atoms with van der Waals surface area (Å²) in [5, 5.41) is -0.847. The van der Waals surface area contributed by atoms with Gasteiger partial charge in [0.2, 0.25) is 0 Å². The number of ether oxygens (including phenoxy) is 1. The zero-order valence-electron chi connectivity index (χ0n) is 7.11. The third-order valence-corrected chi connectivity index (χ3v) is 2.72. The molecule has 5 nitrogen and oxygen atoms in total. The van der Waals surface area contributed by atoms with Crippen molar-refractivity contribution in [3.63, 3.8) is 0 Å². The van der Waals surface area contributed by atoms with E-state index in [-0.39, 0.29) is 0 Å². The van der Waals surface area contributed by atoms with Gasteiger partial charge in [0.1, 0.15) is 0 Å². The number of aromatic nitrogens is 1. The van der Waals surface area contributed by atoms with Crippen LogP contribution in [0.1, 0.15) is 11.8 Å². The fourth-order valence-electron chi connectivity index (χ4n) is 1.24. The van der Waals surface area contributed by atoms with Crippen molar-refractivity contribution in [1.82, 2.24) is 4.98 Å². The zero-order valence-corrected chi connectivity index (χ0v) is 8.00. The zero-order chi connectivity index (χ0) is 9.97. The van der Waals surface area contributed by atoms with Gasteiger partial charge in [-0.1, -0.05) is 6.07 Å². The van der Waals surface area contributed by atoms with E-state index in [1.54, 1.807) is 24.4 Å². The van der Waals surface area contributed by atoms with E-state index in [9.17, 15) is 8.42 Å². The second-order valence-electron chi connectivity index (χ2n) is 2.76. The molecule has 0 radical (unpaired) electrons. The van der Waals surface area contributed by atoms with Crippen molar-refractivity contribution in [3.05, 3.63) is 30.1 Å². The summed E-state index contributed by atoms with van der Waals surface area (Å²) < 4.78 is 26.7. The highest BCUT2D eigenvalue weighted by Crippen LogP contribution is 2.25. The van der Waals surface area contributed by atoms with Crippen molar-refractivity contribution in [2.75, 3.05) is 0 Å². The number of hydrogen-bond acceptors (Lipinski definition) is 5. The molecule has 1 aromatic rings. The molecule has 74 valence electrons. The lowest BCUT2D eigenvalue weighted by Gasteiger charge is -2.11. The minimum Gasteiger partial charge on any atom is -0.471 e. The predicted molar refractivity (Wildman–Crippen MR) is 50.7 cm³/mol. The second kappa shape index (κ2) is 3.75. The topological polar surface area (TPSA) is 68.6 Å². The van der Waals surface area contributed by atoms with E-state index in [2.05, 4.69) is 9.98 Å². The van der Waals surface area contributed by atoms with Crippen molar-refractivity contribution in [2.24, 2.45) is 4.99 Å². The highest BCUT2D eigenvalue weighted by molar-refractivity contribution is 7.73. The van der Waals surface area contributed by atoms with Gasteiger partial charge in [-0.2, -0.15) is 0 Å². The van der Waals surface area contributed by atoms with Gasteiger partial charge in [-0.05, 0) is 12.1 Å². The van der Waals surface area contributed by atoms with E-state index < -0.39 is 22.2 Å². The Morgan fingerprint density at radius 1 is 1.36 bits per heavy atom. The molecule has 6 heteroatoms. The van der Waals surface area contributed by atoms with Crippen LogP contribution in [0.2, 0.25) is 0 Å². The van der Waals surface area contributed by atoms with Crippen molar-refractivity contribution in [1.29, 1.82) is 0 Å². The number of hydrogen-bond donors (Lipinski definition) is 1. The van der Waals surface area contributed by atoms with Crippen LogP contribution in [0.4, 0.5) is 0 Å². The Labute approximate surface area is 82.4 Å². The quantitative estimate of drug-likeness (QED) is 0.707. The Hall–Kier alpha value is -1.43. The summed E-state index contributed by atoms with van der Waals surface area (Å²) in [5.41, 5.74) is 0.578. The number of thiol groups is 1. The fraction of sp³-hybridized carbons (Fsp3) is 0.250. The highest BCUT2D eigenvalue weighted by Gasteiger charge is 2.31. The SMILES string of the molecule is O=[SH](=O)C1N=COC1c1ccccn1. The lowest BCUT2D eigenvalue weighted by molar-refractivity contribution is 0.223. The molecular formula is C8H8N2O3S. The maximum absolute atomic E-state index is 10.8. The van der Waals surface area contributed by atoms with Crippen LogP contribution in [-0.2, 0) is 15.4 Å². The molecule has 0 amide bonds. The molecule has 2 unspecified atom stereocenters. The van der Waals surface area contributed by atoms with Crippen LogP contribution in [0.5, 0.6) is 0 Å². The maximum Gasteiger partial charge on any atom is 0.194 e. The first-order valence-electron chi connectivity index (χ1n) is 4.00. The van der Waals surface area contributed by atoms with Gasteiger partial charge in [0.15, 0.2) is 28.6 Å². The summed E-state index contributed by atoms with van der Waals surface area (Å²) in [7, 11) is -2.63. The van der Waals surface area contributed by atoms with Crippen molar-refractivity contribution in [2.45, 2.75) is 11.5 Å². The van der Waals surface area contributed by atoms with Gasteiger partial charge in [0.25, 0.3) is 0 Å². The molecule has 0 aromatic carbocycles. The van der Waals surface area contributed by atoms with E-state index in [0.29, 0.717) is 5.69 Å². The van der Waals surface area contributed by atoms with Gasteiger partial charge in [-0.15, -0.1) is 0 Å². The Balaban J connectivity index is 2.29. The lowest BCUT2D eigenvalue weighted by Crippen LogP contribution is -2.16. The summed E-state index contributed by atoms with van der Waals surface area (Å²) in [6, 6.07) is 5.25. The van der Waals surface area contributed by atoms with Crippen molar-refractivity contribution >= 4 is 17.1 Å². The molecule has 0 fully saturated rings. The Kier molecular flexibility index (Phi) is 2.45. The van der Waals surface area contributed by atoms with Gasteiger partial charge in [0, 0.05) is 6.20 Å². The van der Waals surface area contributed by atoms with Crippen LogP contribution in [0.25, 0.3) is 0 Å². The van der Waals surface area contributed by atoms with Crippen LogP contribution in [0.15, 0.2) is 29.4 Å². The van der Waals surface area contributed by atoms with E-state index >= 15 is 0 Å². The molecule has 0 saturated heterocycles. The fourth-order valence-corrected chi connectivity index (χ4v) is 1.85. The largest absolute Gasteiger partial charge is 0.471 e. The third kappa shape index (κ3) is 1.60. The van der Waals surface area contributed by atoms with E-state index in [1.807, 2.05) is 0 Å². The first-order valence-corrected chi connectivity index (χ1v) is 5.25. The summed E-state index contributed by atoms with van der Waals surface area (Å²) in [5.74, 6) is 0. The first-order chi connectivity index (χ1) is 6.79. The van der Waals surface area contributed by atoms with Crippen molar-refractivity contribution in [3.8, 4) is 0 Å². The summed E-state index contributed by atoms with van der Waals surface area (Å²) in [6.07, 6.45) is 2.15. The summed E-state index contributed by atoms with van der Waals surface area (Å²) >= 11 is 0. The Morgan fingerprint density at radius 2 is 2.21 bits per heavy atom. The molecule has 0 spiro atoms. The number of pyridine rings is 1. The average molecular weight is 212 g/mol. The molecule has 1 aliphatic rings. The van der Waals surface area contributed by atoms with Crippen LogP contribution >= 0.6 is 0 Å². The molecule has 0 bridgehead atoms. The van der Waals surface area contributed by atoms with Gasteiger partial charge in [-0.25, -0.2) is 13.4 Å². The van der Waals surface area contributed by atoms with Gasteiger partial charge >= 0.3 is 0 Å². The molecule has 2 rings (SSSR count). The van der Waals surface area contributed by atoms with Crippen LogP contribution in [-0.4, -0.2) is 25.2 Å². The molecule has 1 aromatic heterocycles. The molecule has 0 saturated carbocycles. The molecule has 2 atom stereocenters. The second-order valence-corrected chi connectivity index (χ2v) is 3.86. The number of rotatable bonds is 2. The monoisotopic (exact) mass is 212 g/mol. The Morgan fingerprint density at radius 3 is 2.86 bits per heavy atom. The van der Waals surface area contributed by atoms with E-state index in [1.165, 1.54) is 0 Å². The van der Waals surface area contributed by atoms with Crippen LogP contribution in [0.3, 0.4) is 0 Å². The average Bonchev–Trinajstić information content (AvgIpc) is 2.67. The standard InChI is InChI=1S/C8H8N2O3S/c11-14(12)8-7(13-5-10-8)6-3-1-2-4-9-6/h1-5,7-8,14H. The third-order valence-electron chi connectivity index (χ3n) is 1.89. The van der Waals surface area contributed by atoms with Crippen molar-refractivity contribution < 1.29 is 13.2 Å². The molecule has 1 aliphatic heterocycles. The van der Waals surface area contributed by atoms with Gasteiger partial charge in [-0.3, -0.25) is 4.98 Å². The summed E-state index contributed by atoms with van der Waals surface area (Å²) in [4.78, 5) is 7.73. The van der Waals surface area contributed by atoms with Gasteiger partial charge < -0.3 is 4.74 Å². The lowest BCUT2D eigenvalue weighted by atomic mass is 10.2. The minimum atomic E-state index is -2.63. The minimum absolute atomic E-state index is 0.578. The first kappa shape index (κ1) is 9.14. The van der Waals surface area contributed by atoms with E-state index in [0.717, 1.165) is 6.40 Å². The van der Waals surface area contributed by atoms with Crippen LogP contribution in [0, 0.1) is 0 Å². The molecule has 2 heterocycles. The van der Waals surface area contributed by atoms with Gasteiger partial charge in [0.05, 0.1) is 5.69 Å². The normalized spacial score (nSPS) is 25.2. The highest BCUT2D eigenvalue weighted by atomic mass is 32.2. The van der Waals surface area contributed by atoms with Crippen LogP contribution < -0.4 is 0 Å². The number of nitrogens with zero attached hydrogens (tertiary/aromatic N) is 2.